The molecule has 2 saturated carbocycles. The molecule has 6 atom stereocenters. The van der Waals surface area contributed by atoms with E-state index < -0.39 is 5.60 Å². The van der Waals surface area contributed by atoms with E-state index in [1.807, 2.05) is 0 Å². The van der Waals surface area contributed by atoms with Gasteiger partial charge in [0.05, 0.1) is 0 Å². The van der Waals surface area contributed by atoms with Gasteiger partial charge in [-0.15, -0.1) is 12.4 Å². The van der Waals surface area contributed by atoms with Crippen molar-refractivity contribution in [2.75, 3.05) is 13.1 Å². The number of ether oxygens (including phenoxy) is 1. The first-order valence-corrected chi connectivity index (χ1v) is 7.79. The summed E-state index contributed by atoms with van der Waals surface area (Å²) in [5.74, 6) is 0.313. The summed E-state index contributed by atoms with van der Waals surface area (Å²) in [6.07, 6.45) is 5.12. The normalized spacial score (nSPS) is 50.7. The van der Waals surface area contributed by atoms with Crippen molar-refractivity contribution in [1.29, 1.82) is 0 Å². The lowest BCUT2D eigenvalue weighted by Crippen LogP contribution is -2.61. The molecule has 1 N–H and O–H groups in total. The fraction of sp³-hybridized carbons (Fsp3) is 0.933. The van der Waals surface area contributed by atoms with Crippen molar-refractivity contribution < 1.29 is 14.6 Å². The molecule has 20 heavy (non-hydrogen) atoms. The van der Waals surface area contributed by atoms with Crippen LogP contribution in [0.5, 0.6) is 0 Å². The van der Waals surface area contributed by atoms with E-state index in [4.69, 9.17) is 4.74 Å². The molecule has 0 aromatic carbocycles. The molecule has 2 saturated heterocycles. The predicted molar refractivity (Wildman–Crippen MR) is 76.7 cm³/mol. The van der Waals surface area contributed by atoms with Crippen LogP contribution in [0.2, 0.25) is 0 Å². The third-order valence-corrected chi connectivity index (χ3v) is 6.10. The quantitative estimate of drug-likeness (QED) is 0.747. The Morgan fingerprint density at radius 2 is 2.00 bits per heavy atom. The molecule has 0 bridgehead atoms. The van der Waals surface area contributed by atoms with Crippen molar-refractivity contribution in [2.24, 2.45) is 17.8 Å². The molecule has 4 rings (SSSR count). The topological polar surface area (TPSA) is 49.8 Å². The van der Waals surface area contributed by atoms with Gasteiger partial charge in [0.2, 0.25) is 0 Å². The summed E-state index contributed by atoms with van der Waals surface area (Å²) in [5, 5.41) is 11.2. The van der Waals surface area contributed by atoms with E-state index in [9.17, 15) is 9.90 Å². The third-order valence-electron chi connectivity index (χ3n) is 6.10. The van der Waals surface area contributed by atoms with Gasteiger partial charge in [0.1, 0.15) is 17.6 Å². The Hall–Kier alpha value is -0.320. The Labute approximate surface area is 126 Å². The van der Waals surface area contributed by atoms with Gasteiger partial charge in [0.15, 0.2) is 0 Å². The number of nitrogens with zero attached hydrogens (tertiary/aromatic N) is 1. The van der Waals surface area contributed by atoms with E-state index in [1.165, 1.54) is 12.8 Å². The first kappa shape index (κ1) is 14.6. The SMILES string of the molecule is C[C@H]1C[C@H]2CC[C@H]3OC(=O)C([C@@H]1N1CCCC1)[C@@]23O.Cl. The number of rotatable bonds is 1. The monoisotopic (exact) mass is 301 g/mol. The van der Waals surface area contributed by atoms with Gasteiger partial charge in [0, 0.05) is 6.04 Å². The standard InChI is InChI=1S/C15H23NO3.ClH/c1-9-8-10-4-5-11-15(10,18)12(14(17)19-11)13(9)16-6-2-3-7-16;/h9-13,18H,2-8H2,1H3;1H/t9-,10+,11+,12?,13+,15+;/m0./s1. The number of carbonyl (C=O) groups excluding carboxylic acids is 1. The second kappa shape index (κ2) is 4.85. The van der Waals surface area contributed by atoms with E-state index in [1.54, 1.807) is 0 Å². The maximum Gasteiger partial charge on any atom is 0.314 e. The predicted octanol–water partition coefficient (Wildman–Crippen LogP) is 1.60. The smallest absolute Gasteiger partial charge is 0.314 e. The van der Waals surface area contributed by atoms with E-state index in [0.717, 1.165) is 32.4 Å². The van der Waals surface area contributed by atoms with Gasteiger partial charge in [0.25, 0.3) is 0 Å². The van der Waals surface area contributed by atoms with Gasteiger partial charge >= 0.3 is 5.97 Å². The van der Waals surface area contributed by atoms with Crippen LogP contribution in [0.4, 0.5) is 0 Å². The summed E-state index contributed by atoms with van der Waals surface area (Å²) in [6, 6.07) is 0.194. The third kappa shape index (κ3) is 1.71. The van der Waals surface area contributed by atoms with Crippen LogP contribution in [0.25, 0.3) is 0 Å². The minimum Gasteiger partial charge on any atom is -0.459 e. The number of halogens is 1. The number of hydrogen-bond donors (Lipinski definition) is 1. The molecule has 114 valence electrons. The van der Waals surface area contributed by atoms with Crippen molar-refractivity contribution in [1.82, 2.24) is 4.90 Å². The molecule has 0 aromatic heterocycles. The summed E-state index contributed by atoms with van der Waals surface area (Å²) >= 11 is 0. The molecule has 2 aliphatic carbocycles. The van der Waals surface area contributed by atoms with Crippen molar-refractivity contribution in [3.05, 3.63) is 0 Å². The Balaban J connectivity index is 0.00000121. The second-order valence-corrected chi connectivity index (χ2v) is 7.01. The molecule has 0 amide bonds. The summed E-state index contributed by atoms with van der Waals surface area (Å²) in [6.45, 7) is 4.40. The van der Waals surface area contributed by atoms with Gasteiger partial charge in [-0.2, -0.15) is 0 Å². The molecule has 0 aromatic rings. The number of esters is 1. The average Bonchev–Trinajstić information content (AvgIpc) is 3.03. The summed E-state index contributed by atoms with van der Waals surface area (Å²) in [4.78, 5) is 14.7. The zero-order valence-corrected chi connectivity index (χ0v) is 12.8. The molecule has 4 aliphatic rings. The van der Waals surface area contributed by atoms with Crippen LogP contribution >= 0.6 is 12.4 Å². The second-order valence-electron chi connectivity index (χ2n) is 7.01. The molecule has 2 heterocycles. The van der Waals surface area contributed by atoms with Gasteiger partial charge < -0.3 is 9.84 Å². The van der Waals surface area contributed by atoms with Crippen LogP contribution in [0.3, 0.4) is 0 Å². The van der Waals surface area contributed by atoms with E-state index >= 15 is 0 Å². The van der Waals surface area contributed by atoms with E-state index in [2.05, 4.69) is 11.8 Å². The Bertz CT molecular complexity index is 412. The van der Waals surface area contributed by atoms with Crippen molar-refractivity contribution >= 4 is 18.4 Å². The van der Waals surface area contributed by atoms with Crippen LogP contribution < -0.4 is 0 Å². The first-order chi connectivity index (χ1) is 9.12. The molecule has 0 radical (unpaired) electrons. The molecule has 0 spiro atoms. The average molecular weight is 302 g/mol. The minimum absolute atomic E-state index is 0. The Morgan fingerprint density at radius 3 is 2.70 bits per heavy atom. The number of hydrogen-bond acceptors (Lipinski definition) is 4. The minimum atomic E-state index is -0.864. The van der Waals surface area contributed by atoms with Crippen molar-refractivity contribution in [3.8, 4) is 0 Å². The van der Waals surface area contributed by atoms with E-state index in [-0.39, 0.29) is 42.4 Å². The van der Waals surface area contributed by atoms with Crippen LogP contribution in [-0.2, 0) is 9.53 Å². The van der Waals surface area contributed by atoms with Crippen LogP contribution in [0.1, 0.15) is 39.0 Å². The largest absolute Gasteiger partial charge is 0.459 e. The highest BCUT2D eigenvalue weighted by Crippen LogP contribution is 2.56. The van der Waals surface area contributed by atoms with Gasteiger partial charge in [-0.25, -0.2) is 0 Å². The van der Waals surface area contributed by atoms with Crippen LogP contribution in [-0.4, -0.2) is 46.8 Å². The maximum absolute atomic E-state index is 12.3. The number of carbonyl (C=O) groups is 1. The van der Waals surface area contributed by atoms with Crippen LogP contribution in [0.15, 0.2) is 0 Å². The number of aliphatic hydroxyl groups is 1. The molecular formula is C15H24ClNO3. The van der Waals surface area contributed by atoms with E-state index in [0.29, 0.717) is 5.92 Å². The van der Waals surface area contributed by atoms with Crippen LogP contribution in [0, 0.1) is 17.8 Å². The molecule has 2 aliphatic heterocycles. The fourth-order valence-electron chi connectivity index (χ4n) is 5.33. The van der Waals surface area contributed by atoms with Crippen molar-refractivity contribution in [2.45, 2.75) is 56.8 Å². The molecule has 5 heteroatoms. The van der Waals surface area contributed by atoms with Gasteiger partial charge in [-0.05, 0) is 57.0 Å². The first-order valence-electron chi connectivity index (χ1n) is 7.79. The van der Waals surface area contributed by atoms with Crippen molar-refractivity contribution in [3.63, 3.8) is 0 Å². The summed E-state index contributed by atoms with van der Waals surface area (Å²) in [7, 11) is 0. The lowest BCUT2D eigenvalue weighted by molar-refractivity contribution is -0.150. The summed E-state index contributed by atoms with van der Waals surface area (Å²) in [5.41, 5.74) is -0.864. The lowest BCUT2D eigenvalue weighted by Gasteiger charge is -2.48. The highest BCUT2D eigenvalue weighted by Gasteiger charge is 2.69. The molecule has 1 unspecified atom stereocenters. The molecule has 4 nitrogen and oxygen atoms in total. The van der Waals surface area contributed by atoms with Gasteiger partial charge in [-0.1, -0.05) is 6.92 Å². The number of likely N-dealkylation sites (tertiary alicyclic amines) is 1. The lowest BCUT2D eigenvalue weighted by atomic mass is 9.64. The Kier molecular flexibility index (Phi) is 3.55. The molecular weight excluding hydrogens is 278 g/mol. The zero-order valence-electron chi connectivity index (χ0n) is 12.0. The summed E-state index contributed by atoms with van der Waals surface area (Å²) < 4.78 is 5.52. The zero-order chi connectivity index (χ0) is 13.2. The fourth-order valence-corrected chi connectivity index (χ4v) is 5.33. The highest BCUT2D eigenvalue weighted by molar-refractivity contribution is 5.85. The highest BCUT2D eigenvalue weighted by atomic mass is 35.5. The van der Waals surface area contributed by atoms with Gasteiger partial charge in [-0.3, -0.25) is 9.69 Å². The maximum atomic E-state index is 12.3. The Morgan fingerprint density at radius 1 is 1.30 bits per heavy atom. The molecule has 4 fully saturated rings.